The summed E-state index contributed by atoms with van der Waals surface area (Å²) in [6, 6.07) is 3.28. The molecule has 2 rings (SSSR count). The largest absolute Gasteiger partial charge is 0.313 e. The molecule has 1 aromatic heterocycles. The first-order chi connectivity index (χ1) is 8.75. The summed E-state index contributed by atoms with van der Waals surface area (Å²) >= 11 is 0. The van der Waals surface area contributed by atoms with Crippen molar-refractivity contribution in [1.29, 1.82) is 0 Å². The lowest BCUT2D eigenvalue weighted by atomic mass is 10.0. The Morgan fingerprint density at radius 3 is 2.94 bits per heavy atom. The first-order valence-corrected chi connectivity index (χ1v) is 7.20. The van der Waals surface area contributed by atoms with Gasteiger partial charge in [-0.15, -0.1) is 0 Å². The van der Waals surface area contributed by atoms with E-state index < -0.39 is 0 Å². The maximum absolute atomic E-state index is 4.27. The van der Waals surface area contributed by atoms with Gasteiger partial charge in [0.05, 0.1) is 6.54 Å². The molecule has 4 nitrogen and oxygen atoms in total. The van der Waals surface area contributed by atoms with Crippen LogP contribution in [0.1, 0.15) is 33.1 Å². The molecule has 0 saturated carbocycles. The molecule has 0 spiro atoms. The van der Waals surface area contributed by atoms with Gasteiger partial charge in [-0.2, -0.15) is 5.10 Å². The van der Waals surface area contributed by atoms with Gasteiger partial charge in [0.1, 0.15) is 0 Å². The minimum Gasteiger partial charge on any atom is -0.313 e. The first-order valence-electron chi connectivity index (χ1n) is 7.20. The second-order valence-corrected chi connectivity index (χ2v) is 5.52. The van der Waals surface area contributed by atoms with Crippen LogP contribution in [0.5, 0.6) is 0 Å². The fourth-order valence-electron chi connectivity index (χ4n) is 2.62. The van der Waals surface area contributed by atoms with Gasteiger partial charge in [-0.25, -0.2) is 0 Å². The highest BCUT2D eigenvalue weighted by Gasteiger charge is 2.21. The summed E-state index contributed by atoms with van der Waals surface area (Å²) < 4.78 is 2.03. The zero-order valence-corrected chi connectivity index (χ0v) is 11.7. The summed E-state index contributed by atoms with van der Waals surface area (Å²) in [4.78, 5) is 2.63. The topological polar surface area (TPSA) is 33.1 Å². The van der Waals surface area contributed by atoms with Gasteiger partial charge in [0, 0.05) is 37.6 Å². The van der Waals surface area contributed by atoms with Gasteiger partial charge >= 0.3 is 0 Å². The zero-order valence-electron chi connectivity index (χ0n) is 11.7. The standard InChI is InChI=1S/C14H26N4/c1-13(2)15-12-14-6-3-4-8-17(14)10-11-18-9-5-7-16-18/h5,7,9,13-15H,3-4,6,8,10-12H2,1-2H3. The number of aromatic nitrogens is 2. The molecule has 1 aromatic rings. The number of nitrogens with one attached hydrogen (secondary N) is 1. The van der Waals surface area contributed by atoms with Crippen LogP contribution in [-0.4, -0.2) is 46.4 Å². The van der Waals surface area contributed by atoms with Crippen molar-refractivity contribution >= 4 is 0 Å². The van der Waals surface area contributed by atoms with Gasteiger partial charge in [0.15, 0.2) is 0 Å². The van der Waals surface area contributed by atoms with Crippen molar-refractivity contribution in [2.24, 2.45) is 0 Å². The van der Waals surface area contributed by atoms with E-state index in [-0.39, 0.29) is 0 Å². The Kier molecular flexibility index (Phi) is 5.20. The normalized spacial score (nSPS) is 21.6. The molecule has 0 aromatic carbocycles. The van der Waals surface area contributed by atoms with Crippen molar-refractivity contribution < 1.29 is 0 Å². The fourth-order valence-corrected chi connectivity index (χ4v) is 2.62. The quantitative estimate of drug-likeness (QED) is 0.835. The van der Waals surface area contributed by atoms with Crippen LogP contribution in [0.25, 0.3) is 0 Å². The summed E-state index contributed by atoms with van der Waals surface area (Å²) in [7, 11) is 0. The predicted octanol–water partition coefficient (Wildman–Crippen LogP) is 1.74. The third-order valence-corrected chi connectivity index (χ3v) is 3.69. The zero-order chi connectivity index (χ0) is 12.8. The van der Waals surface area contributed by atoms with Crippen LogP contribution in [0.3, 0.4) is 0 Å². The van der Waals surface area contributed by atoms with Crippen LogP contribution in [0.2, 0.25) is 0 Å². The molecule has 4 heteroatoms. The Morgan fingerprint density at radius 1 is 1.33 bits per heavy atom. The Balaban J connectivity index is 1.79. The minimum absolute atomic E-state index is 0.583. The van der Waals surface area contributed by atoms with E-state index in [9.17, 15) is 0 Å². The van der Waals surface area contributed by atoms with Crippen molar-refractivity contribution in [3.63, 3.8) is 0 Å². The highest BCUT2D eigenvalue weighted by Crippen LogP contribution is 2.16. The van der Waals surface area contributed by atoms with Crippen molar-refractivity contribution in [2.45, 2.75) is 51.7 Å². The molecule has 1 unspecified atom stereocenters. The summed E-state index contributed by atoms with van der Waals surface area (Å²) in [5.41, 5.74) is 0. The molecule has 0 bridgehead atoms. The fraction of sp³-hybridized carbons (Fsp3) is 0.786. The summed E-state index contributed by atoms with van der Waals surface area (Å²) in [5, 5.41) is 7.85. The Hall–Kier alpha value is -0.870. The van der Waals surface area contributed by atoms with Gasteiger partial charge in [-0.3, -0.25) is 9.58 Å². The van der Waals surface area contributed by atoms with Crippen LogP contribution in [0.15, 0.2) is 18.5 Å². The predicted molar refractivity (Wildman–Crippen MR) is 74.6 cm³/mol. The highest BCUT2D eigenvalue weighted by atomic mass is 15.3. The van der Waals surface area contributed by atoms with E-state index >= 15 is 0 Å². The molecule has 0 aliphatic carbocycles. The van der Waals surface area contributed by atoms with Gasteiger partial charge in [-0.05, 0) is 25.5 Å². The SMILES string of the molecule is CC(C)NCC1CCCCN1CCn1cccn1. The Morgan fingerprint density at radius 2 is 2.22 bits per heavy atom. The maximum Gasteiger partial charge on any atom is 0.0536 e. The maximum atomic E-state index is 4.27. The van der Waals surface area contributed by atoms with Crippen LogP contribution >= 0.6 is 0 Å². The summed E-state index contributed by atoms with van der Waals surface area (Å²) in [6.45, 7) is 8.92. The Bertz CT molecular complexity index is 321. The number of likely N-dealkylation sites (tertiary alicyclic amines) is 1. The smallest absolute Gasteiger partial charge is 0.0536 e. The molecule has 1 atom stereocenters. The second-order valence-electron chi connectivity index (χ2n) is 5.52. The van der Waals surface area contributed by atoms with E-state index in [1.165, 1.54) is 25.8 Å². The van der Waals surface area contributed by atoms with E-state index in [1.807, 2.05) is 23.1 Å². The number of rotatable bonds is 6. The van der Waals surface area contributed by atoms with Crippen LogP contribution in [-0.2, 0) is 6.54 Å². The number of hydrogen-bond acceptors (Lipinski definition) is 3. The summed E-state index contributed by atoms with van der Waals surface area (Å²) in [5.74, 6) is 0. The molecule has 0 amide bonds. The van der Waals surface area contributed by atoms with Crippen molar-refractivity contribution in [3.05, 3.63) is 18.5 Å². The molecular formula is C14H26N4. The van der Waals surface area contributed by atoms with Gasteiger partial charge in [0.2, 0.25) is 0 Å². The van der Waals surface area contributed by atoms with Crippen molar-refractivity contribution in [3.8, 4) is 0 Å². The van der Waals surface area contributed by atoms with Gasteiger partial charge in [0.25, 0.3) is 0 Å². The van der Waals surface area contributed by atoms with E-state index in [4.69, 9.17) is 0 Å². The second kappa shape index (κ2) is 6.90. The van der Waals surface area contributed by atoms with E-state index in [0.717, 1.165) is 19.6 Å². The van der Waals surface area contributed by atoms with Crippen molar-refractivity contribution in [2.75, 3.05) is 19.6 Å². The minimum atomic E-state index is 0.583. The van der Waals surface area contributed by atoms with Crippen LogP contribution in [0, 0.1) is 0 Å². The molecular weight excluding hydrogens is 224 g/mol. The molecule has 0 radical (unpaired) electrons. The van der Waals surface area contributed by atoms with Crippen LogP contribution in [0.4, 0.5) is 0 Å². The average Bonchev–Trinajstić information content (AvgIpc) is 2.88. The van der Waals surface area contributed by atoms with Crippen LogP contribution < -0.4 is 5.32 Å². The van der Waals surface area contributed by atoms with E-state index in [2.05, 4.69) is 29.2 Å². The third kappa shape index (κ3) is 4.10. The molecule has 1 aliphatic heterocycles. The molecule has 18 heavy (non-hydrogen) atoms. The number of nitrogens with zero attached hydrogens (tertiary/aromatic N) is 3. The van der Waals surface area contributed by atoms with Crippen molar-refractivity contribution in [1.82, 2.24) is 20.0 Å². The number of piperidine rings is 1. The lowest BCUT2D eigenvalue weighted by molar-refractivity contribution is 0.137. The molecule has 102 valence electrons. The lowest BCUT2D eigenvalue weighted by Gasteiger charge is -2.36. The molecule has 1 aliphatic rings. The van der Waals surface area contributed by atoms with Gasteiger partial charge < -0.3 is 5.32 Å². The molecule has 2 heterocycles. The monoisotopic (exact) mass is 250 g/mol. The van der Waals surface area contributed by atoms with E-state index in [1.54, 1.807) is 0 Å². The van der Waals surface area contributed by atoms with E-state index in [0.29, 0.717) is 12.1 Å². The molecule has 1 N–H and O–H groups in total. The lowest BCUT2D eigenvalue weighted by Crippen LogP contribution is -2.47. The third-order valence-electron chi connectivity index (χ3n) is 3.69. The average molecular weight is 250 g/mol. The highest BCUT2D eigenvalue weighted by molar-refractivity contribution is 4.81. The Labute approximate surface area is 110 Å². The molecule has 1 fully saturated rings. The molecule has 1 saturated heterocycles. The first kappa shape index (κ1) is 13.6. The summed E-state index contributed by atoms with van der Waals surface area (Å²) in [6.07, 6.45) is 7.96. The van der Waals surface area contributed by atoms with Gasteiger partial charge in [-0.1, -0.05) is 20.3 Å². The number of hydrogen-bond donors (Lipinski definition) is 1.